The minimum Gasteiger partial charge on any atom is -0.0884 e. The zero-order valence-corrected chi connectivity index (χ0v) is 12.0. The standard InChI is InChI=1S/C12H15BrCl2/c1-3-8(2)10(13)6-9-4-5-11(14)12(15)7-9/h4-5,7-8,10H,3,6H2,1-2H3. The van der Waals surface area contributed by atoms with Gasteiger partial charge in [0.05, 0.1) is 10.0 Å². The van der Waals surface area contributed by atoms with Crippen molar-refractivity contribution in [2.45, 2.75) is 31.5 Å². The molecule has 0 aliphatic rings. The van der Waals surface area contributed by atoms with Crippen LogP contribution >= 0.6 is 39.1 Å². The van der Waals surface area contributed by atoms with E-state index in [0.717, 1.165) is 6.42 Å². The Hall–Kier alpha value is 0.280. The maximum atomic E-state index is 5.96. The zero-order valence-electron chi connectivity index (χ0n) is 8.93. The molecule has 84 valence electrons. The van der Waals surface area contributed by atoms with Gasteiger partial charge < -0.3 is 0 Å². The zero-order chi connectivity index (χ0) is 11.4. The van der Waals surface area contributed by atoms with E-state index < -0.39 is 0 Å². The van der Waals surface area contributed by atoms with E-state index in [1.807, 2.05) is 18.2 Å². The van der Waals surface area contributed by atoms with Gasteiger partial charge in [-0.25, -0.2) is 0 Å². The van der Waals surface area contributed by atoms with Gasteiger partial charge in [-0.1, -0.05) is 65.5 Å². The molecule has 0 radical (unpaired) electrons. The maximum Gasteiger partial charge on any atom is 0.0595 e. The first-order valence-electron chi connectivity index (χ1n) is 5.12. The number of halogens is 3. The summed E-state index contributed by atoms with van der Waals surface area (Å²) in [5, 5.41) is 1.26. The molecule has 0 saturated carbocycles. The maximum absolute atomic E-state index is 5.96. The van der Waals surface area contributed by atoms with Crippen LogP contribution in [0.25, 0.3) is 0 Å². The molecule has 0 nitrogen and oxygen atoms in total. The van der Waals surface area contributed by atoms with E-state index in [4.69, 9.17) is 23.2 Å². The fraction of sp³-hybridized carbons (Fsp3) is 0.500. The Morgan fingerprint density at radius 3 is 2.47 bits per heavy atom. The molecule has 2 atom stereocenters. The predicted molar refractivity (Wildman–Crippen MR) is 72.3 cm³/mol. The van der Waals surface area contributed by atoms with Crippen molar-refractivity contribution in [2.75, 3.05) is 0 Å². The fourth-order valence-corrected chi connectivity index (χ4v) is 2.42. The third-order valence-corrected chi connectivity index (χ3v) is 4.64. The highest BCUT2D eigenvalue weighted by Crippen LogP contribution is 2.26. The van der Waals surface area contributed by atoms with E-state index >= 15 is 0 Å². The number of rotatable bonds is 4. The van der Waals surface area contributed by atoms with Crippen LogP contribution in [0.3, 0.4) is 0 Å². The highest BCUT2D eigenvalue weighted by molar-refractivity contribution is 9.09. The van der Waals surface area contributed by atoms with Crippen molar-refractivity contribution in [1.29, 1.82) is 0 Å². The monoisotopic (exact) mass is 308 g/mol. The van der Waals surface area contributed by atoms with E-state index in [2.05, 4.69) is 29.8 Å². The van der Waals surface area contributed by atoms with E-state index in [9.17, 15) is 0 Å². The molecular formula is C12H15BrCl2. The molecule has 0 bridgehead atoms. The normalized spacial score (nSPS) is 15.0. The molecule has 3 heteroatoms. The molecule has 0 aromatic heterocycles. The third-order valence-electron chi connectivity index (χ3n) is 2.68. The minimum atomic E-state index is 0.500. The largest absolute Gasteiger partial charge is 0.0884 e. The Kier molecular flexibility index (Phi) is 5.45. The average Bonchev–Trinajstić information content (AvgIpc) is 2.22. The second-order valence-electron chi connectivity index (χ2n) is 3.85. The van der Waals surface area contributed by atoms with Crippen LogP contribution in [0.1, 0.15) is 25.8 Å². The molecule has 0 spiro atoms. The summed E-state index contributed by atoms with van der Waals surface area (Å²) in [5.41, 5.74) is 1.23. The molecule has 0 heterocycles. The highest BCUT2D eigenvalue weighted by Gasteiger charge is 2.13. The molecule has 2 unspecified atom stereocenters. The van der Waals surface area contributed by atoms with E-state index in [-0.39, 0.29) is 0 Å². The summed E-state index contributed by atoms with van der Waals surface area (Å²) in [6.45, 7) is 4.45. The Bertz CT molecular complexity index is 325. The van der Waals surface area contributed by atoms with Gasteiger partial charge in [-0.2, -0.15) is 0 Å². The number of benzene rings is 1. The number of hydrogen-bond acceptors (Lipinski definition) is 0. The second kappa shape index (κ2) is 6.12. The summed E-state index contributed by atoms with van der Waals surface area (Å²) in [6, 6.07) is 5.83. The molecule has 0 saturated heterocycles. The van der Waals surface area contributed by atoms with Gasteiger partial charge in [-0.3, -0.25) is 0 Å². The number of hydrogen-bond donors (Lipinski definition) is 0. The molecule has 0 fully saturated rings. The van der Waals surface area contributed by atoms with E-state index in [1.54, 1.807) is 0 Å². The summed E-state index contributed by atoms with van der Waals surface area (Å²) >= 11 is 15.5. The van der Waals surface area contributed by atoms with Crippen molar-refractivity contribution >= 4 is 39.1 Å². The lowest BCUT2D eigenvalue weighted by atomic mass is 9.99. The van der Waals surface area contributed by atoms with Crippen LogP contribution < -0.4 is 0 Å². The van der Waals surface area contributed by atoms with Crippen molar-refractivity contribution in [3.63, 3.8) is 0 Å². The van der Waals surface area contributed by atoms with Crippen LogP contribution in [0.2, 0.25) is 10.0 Å². The summed E-state index contributed by atoms with van der Waals surface area (Å²) in [7, 11) is 0. The van der Waals surface area contributed by atoms with Crippen LogP contribution in [0.4, 0.5) is 0 Å². The van der Waals surface area contributed by atoms with Crippen LogP contribution in [-0.4, -0.2) is 4.83 Å². The van der Waals surface area contributed by atoms with Crippen molar-refractivity contribution in [2.24, 2.45) is 5.92 Å². The third kappa shape index (κ3) is 3.97. The van der Waals surface area contributed by atoms with Gasteiger partial charge in [0, 0.05) is 4.83 Å². The molecular weight excluding hydrogens is 295 g/mol. The van der Waals surface area contributed by atoms with Gasteiger partial charge >= 0.3 is 0 Å². The van der Waals surface area contributed by atoms with Crippen molar-refractivity contribution in [1.82, 2.24) is 0 Å². The van der Waals surface area contributed by atoms with Crippen LogP contribution in [-0.2, 0) is 6.42 Å². The summed E-state index contributed by atoms with van der Waals surface area (Å²) in [6.07, 6.45) is 2.17. The smallest absolute Gasteiger partial charge is 0.0595 e. The first kappa shape index (κ1) is 13.3. The highest BCUT2D eigenvalue weighted by atomic mass is 79.9. The Morgan fingerprint density at radius 1 is 1.27 bits per heavy atom. The molecule has 0 N–H and O–H groups in total. The predicted octanol–water partition coefficient (Wildman–Crippen LogP) is 5.35. The lowest BCUT2D eigenvalue weighted by Crippen LogP contribution is -2.12. The Balaban J connectivity index is 2.68. The molecule has 15 heavy (non-hydrogen) atoms. The summed E-state index contributed by atoms with van der Waals surface area (Å²) in [4.78, 5) is 0.500. The summed E-state index contributed by atoms with van der Waals surface area (Å²) in [5.74, 6) is 0.666. The van der Waals surface area contributed by atoms with Gasteiger partial charge in [-0.05, 0) is 30.0 Å². The van der Waals surface area contributed by atoms with E-state index in [0.29, 0.717) is 20.8 Å². The van der Waals surface area contributed by atoms with Gasteiger partial charge in [0.15, 0.2) is 0 Å². The van der Waals surface area contributed by atoms with Gasteiger partial charge in [0.25, 0.3) is 0 Å². The van der Waals surface area contributed by atoms with Crippen LogP contribution in [0.5, 0.6) is 0 Å². The lowest BCUT2D eigenvalue weighted by molar-refractivity contribution is 0.538. The lowest BCUT2D eigenvalue weighted by Gasteiger charge is -2.16. The van der Waals surface area contributed by atoms with Crippen LogP contribution in [0, 0.1) is 5.92 Å². The molecule has 0 aliphatic carbocycles. The van der Waals surface area contributed by atoms with Crippen LogP contribution in [0.15, 0.2) is 18.2 Å². The van der Waals surface area contributed by atoms with Crippen molar-refractivity contribution in [3.05, 3.63) is 33.8 Å². The van der Waals surface area contributed by atoms with Crippen molar-refractivity contribution in [3.8, 4) is 0 Å². The SMILES string of the molecule is CCC(C)C(Br)Cc1ccc(Cl)c(Cl)c1. The second-order valence-corrected chi connectivity index (χ2v) is 5.84. The topological polar surface area (TPSA) is 0 Å². The Labute approximate surface area is 110 Å². The average molecular weight is 310 g/mol. The molecule has 0 amide bonds. The van der Waals surface area contributed by atoms with Gasteiger partial charge in [0.1, 0.15) is 0 Å². The molecule has 1 rings (SSSR count). The fourth-order valence-electron chi connectivity index (χ4n) is 1.35. The molecule has 0 aliphatic heterocycles. The minimum absolute atomic E-state index is 0.500. The summed E-state index contributed by atoms with van der Waals surface area (Å²) < 4.78 is 0. The Morgan fingerprint density at radius 2 is 1.93 bits per heavy atom. The quantitative estimate of drug-likeness (QED) is 0.658. The van der Waals surface area contributed by atoms with Gasteiger partial charge in [-0.15, -0.1) is 0 Å². The van der Waals surface area contributed by atoms with E-state index in [1.165, 1.54) is 12.0 Å². The number of alkyl halides is 1. The molecule has 1 aromatic carbocycles. The van der Waals surface area contributed by atoms with Crippen molar-refractivity contribution < 1.29 is 0 Å². The van der Waals surface area contributed by atoms with Gasteiger partial charge in [0.2, 0.25) is 0 Å². The molecule has 1 aromatic rings. The first-order valence-corrected chi connectivity index (χ1v) is 6.79. The first-order chi connectivity index (χ1) is 7.04.